The van der Waals surface area contributed by atoms with Crippen LogP contribution in [0.3, 0.4) is 0 Å². The number of aromatic nitrogens is 1. The van der Waals surface area contributed by atoms with Crippen molar-refractivity contribution < 1.29 is 23.5 Å². The van der Waals surface area contributed by atoms with Gasteiger partial charge in [-0.25, -0.2) is 0 Å². The lowest BCUT2D eigenvalue weighted by Crippen LogP contribution is -2.28. The van der Waals surface area contributed by atoms with E-state index in [-0.39, 0.29) is 5.91 Å². The molecule has 0 spiro atoms. The summed E-state index contributed by atoms with van der Waals surface area (Å²) in [6, 6.07) is 14.7. The fourth-order valence-electron chi connectivity index (χ4n) is 3.40. The summed E-state index contributed by atoms with van der Waals surface area (Å²) >= 11 is 0. The molecule has 0 radical (unpaired) electrons. The molecule has 0 saturated heterocycles. The second kappa shape index (κ2) is 8.10. The summed E-state index contributed by atoms with van der Waals surface area (Å²) in [5, 5.41) is 7.18. The normalized spacial score (nSPS) is 14.1. The van der Waals surface area contributed by atoms with Gasteiger partial charge < -0.3 is 24.1 Å². The average molecular weight is 408 g/mol. The van der Waals surface area contributed by atoms with Crippen LogP contribution in [0, 0.1) is 0 Å². The monoisotopic (exact) mass is 408 g/mol. The van der Waals surface area contributed by atoms with Crippen molar-refractivity contribution in [1.82, 2.24) is 5.16 Å². The highest BCUT2D eigenvalue weighted by atomic mass is 16.5. The Morgan fingerprint density at radius 3 is 2.43 bits per heavy atom. The van der Waals surface area contributed by atoms with Gasteiger partial charge in [0.25, 0.3) is 0 Å². The van der Waals surface area contributed by atoms with Crippen LogP contribution in [0.4, 0.5) is 5.69 Å². The van der Waals surface area contributed by atoms with Gasteiger partial charge in [-0.3, -0.25) is 4.79 Å². The van der Waals surface area contributed by atoms with Gasteiger partial charge in [-0.2, -0.15) is 0 Å². The Bertz CT molecular complexity index is 1040. The second-order valence-corrected chi connectivity index (χ2v) is 7.14. The Morgan fingerprint density at radius 2 is 1.80 bits per heavy atom. The molecule has 1 saturated carbocycles. The lowest BCUT2D eigenvalue weighted by Gasteiger charge is -2.13. The molecule has 0 atom stereocenters. The minimum atomic E-state index is -0.656. The Labute approximate surface area is 174 Å². The van der Waals surface area contributed by atoms with Crippen molar-refractivity contribution in [2.24, 2.45) is 0 Å². The van der Waals surface area contributed by atoms with Crippen molar-refractivity contribution in [3.8, 4) is 28.6 Å². The van der Waals surface area contributed by atoms with E-state index >= 15 is 0 Å². The second-order valence-electron chi connectivity index (χ2n) is 7.14. The smallest absolute Gasteiger partial charge is 0.236 e. The summed E-state index contributed by atoms with van der Waals surface area (Å²) in [6.45, 7) is 2.53. The summed E-state index contributed by atoms with van der Waals surface area (Å²) in [7, 11) is 3.17. The van der Waals surface area contributed by atoms with Crippen LogP contribution in [0.25, 0.3) is 11.3 Å². The number of carbonyl (C=O) groups excluding carboxylic acids is 1. The van der Waals surface area contributed by atoms with Crippen LogP contribution in [0.15, 0.2) is 53.1 Å². The Kier molecular flexibility index (Phi) is 5.35. The Hall–Kier alpha value is -3.48. The lowest BCUT2D eigenvalue weighted by molar-refractivity contribution is -0.118. The van der Waals surface area contributed by atoms with E-state index in [1.807, 2.05) is 55.5 Å². The van der Waals surface area contributed by atoms with Crippen LogP contribution in [-0.4, -0.2) is 31.9 Å². The Balaban J connectivity index is 1.52. The predicted octanol–water partition coefficient (Wildman–Crippen LogP) is 4.43. The Morgan fingerprint density at radius 1 is 1.07 bits per heavy atom. The van der Waals surface area contributed by atoms with E-state index in [1.165, 1.54) is 0 Å². The number of nitrogens with one attached hydrogen (secondary N) is 1. The molecule has 1 aliphatic rings. The molecule has 1 fully saturated rings. The number of carbonyl (C=O) groups is 1. The van der Waals surface area contributed by atoms with Crippen molar-refractivity contribution in [3.05, 3.63) is 54.2 Å². The number of anilines is 1. The van der Waals surface area contributed by atoms with E-state index < -0.39 is 5.41 Å². The van der Waals surface area contributed by atoms with E-state index in [4.69, 9.17) is 18.7 Å². The van der Waals surface area contributed by atoms with Gasteiger partial charge in [-0.1, -0.05) is 5.16 Å². The van der Waals surface area contributed by atoms with E-state index in [0.29, 0.717) is 29.6 Å². The number of amides is 1. The first kappa shape index (κ1) is 19.8. The zero-order valence-electron chi connectivity index (χ0n) is 17.2. The molecule has 156 valence electrons. The van der Waals surface area contributed by atoms with Gasteiger partial charge in [0, 0.05) is 17.3 Å². The van der Waals surface area contributed by atoms with Gasteiger partial charge in [0.05, 0.1) is 31.9 Å². The molecule has 30 heavy (non-hydrogen) atoms. The summed E-state index contributed by atoms with van der Waals surface area (Å²) in [6.07, 6.45) is 1.46. The average Bonchev–Trinajstić information content (AvgIpc) is 3.44. The van der Waals surface area contributed by atoms with Gasteiger partial charge in [0.2, 0.25) is 5.91 Å². The molecule has 1 aliphatic carbocycles. The zero-order valence-corrected chi connectivity index (χ0v) is 17.2. The maximum atomic E-state index is 13.0. The first-order valence-electron chi connectivity index (χ1n) is 9.83. The third kappa shape index (κ3) is 3.70. The van der Waals surface area contributed by atoms with Crippen molar-refractivity contribution in [1.29, 1.82) is 0 Å². The lowest BCUT2D eigenvalue weighted by atomic mass is 10.00. The molecule has 1 amide bonds. The highest BCUT2D eigenvalue weighted by molar-refractivity contribution is 6.01. The number of hydrogen-bond acceptors (Lipinski definition) is 6. The highest BCUT2D eigenvalue weighted by Gasteiger charge is 2.53. The maximum absolute atomic E-state index is 13.0. The van der Waals surface area contributed by atoms with E-state index in [9.17, 15) is 4.79 Å². The number of ether oxygens (including phenoxy) is 3. The standard InChI is InChI=1S/C23H24N2O5/c1-4-29-17-8-6-16(7-9-17)24-22(26)23(11-12-23)21-14-19(30-25-21)15-5-10-18(27-2)20(13-15)28-3/h5-10,13-14H,4,11-12H2,1-3H3,(H,24,26). The number of methoxy groups -OCH3 is 2. The molecule has 1 aromatic heterocycles. The van der Waals surface area contributed by atoms with Crippen molar-refractivity contribution in [3.63, 3.8) is 0 Å². The van der Waals surface area contributed by atoms with E-state index in [0.717, 1.165) is 29.8 Å². The molecule has 3 aromatic rings. The van der Waals surface area contributed by atoms with Crippen LogP contribution in [-0.2, 0) is 10.2 Å². The summed E-state index contributed by atoms with van der Waals surface area (Å²) in [4.78, 5) is 13.0. The number of nitrogens with zero attached hydrogens (tertiary/aromatic N) is 1. The minimum Gasteiger partial charge on any atom is -0.494 e. The van der Waals surface area contributed by atoms with Crippen LogP contribution in [0.5, 0.6) is 17.2 Å². The fraction of sp³-hybridized carbons (Fsp3) is 0.304. The van der Waals surface area contributed by atoms with Crippen LogP contribution in [0.1, 0.15) is 25.5 Å². The molecule has 0 aliphatic heterocycles. The molecule has 7 nitrogen and oxygen atoms in total. The third-order valence-corrected chi connectivity index (χ3v) is 5.28. The van der Waals surface area contributed by atoms with Gasteiger partial charge in [-0.15, -0.1) is 0 Å². The van der Waals surface area contributed by atoms with Crippen molar-refractivity contribution in [2.75, 3.05) is 26.1 Å². The molecule has 7 heteroatoms. The minimum absolute atomic E-state index is 0.0844. The molecule has 1 heterocycles. The molecule has 4 rings (SSSR count). The zero-order chi connectivity index (χ0) is 21.1. The van der Waals surface area contributed by atoms with Gasteiger partial charge in [0.15, 0.2) is 17.3 Å². The quantitative estimate of drug-likeness (QED) is 0.594. The molecular weight excluding hydrogens is 384 g/mol. The first-order valence-corrected chi connectivity index (χ1v) is 9.83. The maximum Gasteiger partial charge on any atom is 0.236 e. The van der Waals surface area contributed by atoms with Crippen molar-refractivity contribution >= 4 is 11.6 Å². The molecule has 0 unspecified atom stereocenters. The summed E-state index contributed by atoms with van der Waals surface area (Å²) in [5.41, 5.74) is 1.50. The molecule has 2 aromatic carbocycles. The van der Waals surface area contributed by atoms with Gasteiger partial charge in [0.1, 0.15) is 5.75 Å². The number of hydrogen-bond donors (Lipinski definition) is 1. The largest absolute Gasteiger partial charge is 0.494 e. The predicted molar refractivity (Wildman–Crippen MR) is 112 cm³/mol. The topological polar surface area (TPSA) is 82.8 Å². The number of benzene rings is 2. The first-order chi connectivity index (χ1) is 14.6. The third-order valence-electron chi connectivity index (χ3n) is 5.28. The van der Waals surface area contributed by atoms with Crippen LogP contribution < -0.4 is 19.5 Å². The molecule has 0 bridgehead atoms. The molecular formula is C23H24N2O5. The van der Waals surface area contributed by atoms with Gasteiger partial charge in [-0.05, 0) is 62.2 Å². The highest BCUT2D eigenvalue weighted by Crippen LogP contribution is 2.49. The van der Waals surface area contributed by atoms with E-state index in [1.54, 1.807) is 14.2 Å². The molecule has 1 N–H and O–H groups in total. The van der Waals surface area contributed by atoms with Crippen LogP contribution in [0.2, 0.25) is 0 Å². The summed E-state index contributed by atoms with van der Waals surface area (Å²) in [5.74, 6) is 2.49. The van der Waals surface area contributed by atoms with Gasteiger partial charge >= 0.3 is 0 Å². The fourth-order valence-corrected chi connectivity index (χ4v) is 3.40. The van der Waals surface area contributed by atoms with Crippen LogP contribution >= 0.6 is 0 Å². The number of rotatable bonds is 8. The van der Waals surface area contributed by atoms with E-state index in [2.05, 4.69) is 10.5 Å². The summed E-state index contributed by atoms with van der Waals surface area (Å²) < 4.78 is 21.6. The van der Waals surface area contributed by atoms with Crippen molar-refractivity contribution in [2.45, 2.75) is 25.2 Å². The SMILES string of the molecule is CCOc1ccc(NC(=O)C2(c3cc(-c4ccc(OC)c(OC)c4)on3)CC2)cc1.